The Morgan fingerprint density at radius 1 is 1.64 bits per heavy atom. The number of aromatic nitrogens is 1. The van der Waals surface area contributed by atoms with Gasteiger partial charge in [0.2, 0.25) is 0 Å². The molecule has 0 aromatic carbocycles. The highest BCUT2D eigenvalue weighted by atomic mass is 35.5. The number of carbonyl (C=O) groups excluding carboxylic acids is 1. The minimum Gasteiger partial charge on any atom is -0.298 e. The minimum absolute atomic E-state index is 0.159. The molecular weight excluding hydrogens is 214 g/mol. The third kappa shape index (κ3) is 1.86. The van der Waals surface area contributed by atoms with Crippen LogP contribution in [0.2, 0.25) is 5.15 Å². The lowest BCUT2D eigenvalue weighted by atomic mass is 10.1. The molecule has 0 atom stereocenters. The number of aldehydes is 1. The van der Waals surface area contributed by atoms with Crippen LogP contribution in [0.3, 0.4) is 0 Å². The highest BCUT2D eigenvalue weighted by molar-refractivity contribution is 6.29. The molecule has 14 heavy (non-hydrogen) atoms. The Labute approximate surface area is 82.9 Å². The van der Waals surface area contributed by atoms with Crippen LogP contribution < -0.4 is 0 Å². The molecule has 0 saturated heterocycles. The number of alkyl halides is 2. The van der Waals surface area contributed by atoms with E-state index in [-0.39, 0.29) is 17.0 Å². The molecule has 72 valence electrons. The Kier molecular flexibility index (Phi) is 3.10. The van der Waals surface area contributed by atoms with Gasteiger partial charge >= 0.3 is 0 Å². The molecule has 1 aromatic heterocycles. The minimum atomic E-state index is -2.92. The number of nitrogens with zero attached hydrogens (tertiary/aromatic N) is 2. The van der Waals surface area contributed by atoms with Crippen molar-refractivity contribution in [3.8, 4) is 6.07 Å². The number of halogens is 3. The number of pyridine rings is 1. The average molecular weight is 217 g/mol. The van der Waals surface area contributed by atoms with Crippen molar-refractivity contribution in [2.75, 3.05) is 0 Å². The normalized spacial score (nSPS) is 9.93. The largest absolute Gasteiger partial charge is 0.298 e. The Bertz CT molecular complexity index is 415. The van der Waals surface area contributed by atoms with Crippen LogP contribution in [-0.2, 0) is 0 Å². The molecule has 0 aliphatic heterocycles. The molecule has 1 aromatic rings. The molecule has 0 N–H and O–H groups in total. The van der Waals surface area contributed by atoms with Gasteiger partial charge in [-0.15, -0.1) is 0 Å². The molecule has 0 aliphatic rings. The SMILES string of the molecule is N#Cc1nc(Cl)cc(C=O)c1C(F)F. The molecule has 3 nitrogen and oxygen atoms in total. The fraction of sp³-hybridized carbons (Fsp3) is 0.125. The fourth-order valence-electron chi connectivity index (χ4n) is 0.954. The van der Waals surface area contributed by atoms with E-state index in [9.17, 15) is 13.6 Å². The average Bonchev–Trinajstić information content (AvgIpc) is 2.15. The maximum atomic E-state index is 12.4. The van der Waals surface area contributed by atoms with E-state index in [1.54, 1.807) is 0 Å². The summed E-state index contributed by atoms with van der Waals surface area (Å²) in [5.41, 5.74) is -1.50. The van der Waals surface area contributed by atoms with Crippen molar-refractivity contribution in [2.24, 2.45) is 0 Å². The van der Waals surface area contributed by atoms with Crippen LogP contribution in [0.5, 0.6) is 0 Å². The topological polar surface area (TPSA) is 53.8 Å². The molecule has 1 rings (SSSR count). The number of hydrogen-bond donors (Lipinski definition) is 0. The molecule has 0 radical (unpaired) electrons. The molecule has 0 fully saturated rings. The van der Waals surface area contributed by atoms with E-state index < -0.39 is 17.7 Å². The standard InChI is InChI=1S/C8H3ClF2N2O/c9-6-1-4(3-14)7(8(10)11)5(2-12)13-6/h1,3,8H. The molecule has 0 aliphatic carbocycles. The summed E-state index contributed by atoms with van der Waals surface area (Å²) in [7, 11) is 0. The molecule has 0 spiro atoms. The first kappa shape index (κ1) is 10.5. The van der Waals surface area contributed by atoms with E-state index in [0.29, 0.717) is 0 Å². The van der Waals surface area contributed by atoms with Crippen molar-refractivity contribution in [1.29, 1.82) is 5.26 Å². The first-order valence-electron chi connectivity index (χ1n) is 3.44. The van der Waals surface area contributed by atoms with Gasteiger partial charge in [-0.3, -0.25) is 4.79 Å². The maximum absolute atomic E-state index is 12.4. The van der Waals surface area contributed by atoms with Crippen LogP contribution in [0.15, 0.2) is 6.07 Å². The highest BCUT2D eigenvalue weighted by Crippen LogP contribution is 2.26. The zero-order chi connectivity index (χ0) is 10.7. The van der Waals surface area contributed by atoms with E-state index in [0.717, 1.165) is 6.07 Å². The van der Waals surface area contributed by atoms with Crippen LogP contribution in [-0.4, -0.2) is 11.3 Å². The number of carbonyl (C=O) groups is 1. The fourth-order valence-corrected chi connectivity index (χ4v) is 1.16. The highest BCUT2D eigenvalue weighted by Gasteiger charge is 2.19. The lowest BCUT2D eigenvalue weighted by Crippen LogP contribution is -2.00. The third-order valence-corrected chi connectivity index (χ3v) is 1.70. The van der Waals surface area contributed by atoms with E-state index in [2.05, 4.69) is 4.98 Å². The molecule has 0 saturated carbocycles. The van der Waals surface area contributed by atoms with E-state index in [1.807, 2.05) is 0 Å². The molecular formula is C8H3ClF2N2O. The maximum Gasteiger partial charge on any atom is 0.267 e. The van der Waals surface area contributed by atoms with Crippen molar-refractivity contribution in [2.45, 2.75) is 6.43 Å². The second-order valence-corrected chi connectivity index (χ2v) is 2.71. The molecule has 0 amide bonds. The summed E-state index contributed by atoms with van der Waals surface area (Å²) >= 11 is 5.42. The first-order valence-corrected chi connectivity index (χ1v) is 3.81. The summed E-state index contributed by atoms with van der Waals surface area (Å²) in [5.74, 6) is 0. The van der Waals surface area contributed by atoms with Crippen LogP contribution in [0.4, 0.5) is 8.78 Å². The number of nitriles is 1. The second-order valence-electron chi connectivity index (χ2n) is 2.33. The third-order valence-electron chi connectivity index (χ3n) is 1.51. The van der Waals surface area contributed by atoms with Crippen LogP contribution >= 0.6 is 11.6 Å². The molecule has 6 heteroatoms. The molecule has 1 heterocycles. The monoisotopic (exact) mass is 216 g/mol. The van der Waals surface area contributed by atoms with Crippen molar-refractivity contribution in [1.82, 2.24) is 4.98 Å². The molecule has 0 bridgehead atoms. The van der Waals surface area contributed by atoms with Crippen LogP contribution in [0.25, 0.3) is 0 Å². The van der Waals surface area contributed by atoms with Gasteiger partial charge in [-0.1, -0.05) is 11.6 Å². The van der Waals surface area contributed by atoms with E-state index >= 15 is 0 Å². The lowest BCUT2D eigenvalue weighted by molar-refractivity contribution is 0.110. The van der Waals surface area contributed by atoms with Gasteiger partial charge in [0, 0.05) is 5.56 Å². The predicted molar refractivity (Wildman–Crippen MR) is 44.3 cm³/mol. The second kappa shape index (κ2) is 4.11. The van der Waals surface area contributed by atoms with Gasteiger partial charge < -0.3 is 0 Å². The lowest BCUT2D eigenvalue weighted by Gasteiger charge is -2.04. The molecule has 0 unspecified atom stereocenters. The van der Waals surface area contributed by atoms with E-state index in [4.69, 9.17) is 16.9 Å². The van der Waals surface area contributed by atoms with Gasteiger partial charge in [-0.25, -0.2) is 13.8 Å². The van der Waals surface area contributed by atoms with Gasteiger partial charge in [-0.05, 0) is 6.07 Å². The summed E-state index contributed by atoms with van der Waals surface area (Å²) in [4.78, 5) is 13.8. The van der Waals surface area contributed by atoms with E-state index in [1.165, 1.54) is 6.07 Å². The number of rotatable bonds is 2. The number of hydrogen-bond acceptors (Lipinski definition) is 3. The zero-order valence-electron chi connectivity index (χ0n) is 6.67. The van der Waals surface area contributed by atoms with Gasteiger partial charge in [0.25, 0.3) is 6.43 Å². The van der Waals surface area contributed by atoms with Crippen molar-refractivity contribution < 1.29 is 13.6 Å². The van der Waals surface area contributed by atoms with Crippen LogP contribution in [0, 0.1) is 11.3 Å². The van der Waals surface area contributed by atoms with Gasteiger partial charge in [0.15, 0.2) is 12.0 Å². The Balaban J connectivity index is 3.50. The van der Waals surface area contributed by atoms with Crippen molar-refractivity contribution >= 4 is 17.9 Å². The first-order chi connectivity index (χ1) is 6.60. The van der Waals surface area contributed by atoms with Crippen molar-refractivity contribution in [3.63, 3.8) is 0 Å². The van der Waals surface area contributed by atoms with Gasteiger partial charge in [-0.2, -0.15) is 5.26 Å². The predicted octanol–water partition coefficient (Wildman–Crippen LogP) is 2.36. The van der Waals surface area contributed by atoms with Crippen molar-refractivity contribution in [3.05, 3.63) is 28.0 Å². The Morgan fingerprint density at radius 3 is 2.71 bits per heavy atom. The summed E-state index contributed by atoms with van der Waals surface area (Å²) < 4.78 is 24.8. The smallest absolute Gasteiger partial charge is 0.267 e. The summed E-state index contributed by atoms with van der Waals surface area (Å²) in [6, 6.07) is 2.45. The van der Waals surface area contributed by atoms with Gasteiger partial charge in [0.1, 0.15) is 11.2 Å². The summed E-state index contributed by atoms with van der Waals surface area (Å²) in [6.45, 7) is 0. The van der Waals surface area contributed by atoms with Crippen LogP contribution in [0.1, 0.15) is 28.0 Å². The zero-order valence-corrected chi connectivity index (χ0v) is 7.42. The summed E-state index contributed by atoms with van der Waals surface area (Å²) in [6.07, 6.45) is -2.70. The Hall–Kier alpha value is -1.54. The quantitative estimate of drug-likeness (QED) is 0.563. The van der Waals surface area contributed by atoms with Gasteiger partial charge in [0.05, 0.1) is 5.56 Å². The summed E-state index contributed by atoms with van der Waals surface area (Å²) in [5, 5.41) is 8.33. The Morgan fingerprint density at radius 2 is 2.29 bits per heavy atom.